The third-order valence-corrected chi connectivity index (χ3v) is 14.5. The molecule has 9 nitrogen and oxygen atoms in total. The van der Waals surface area contributed by atoms with Crippen LogP contribution in [0.4, 0.5) is 114 Å². The molecule has 0 amide bonds. The Morgan fingerprint density at radius 3 is 1.19 bits per heavy atom. The van der Waals surface area contributed by atoms with E-state index < -0.39 is 148 Å². The molecule has 0 saturated carbocycles. The zero-order chi connectivity index (χ0) is 54.8. The van der Waals surface area contributed by atoms with Gasteiger partial charge in [0.25, 0.3) is 0 Å². The number of carbonyl (C=O) groups is 2. The maximum Gasteiger partial charge on any atom is 0.460 e. The Bertz CT molecular complexity index is 2070. The van der Waals surface area contributed by atoms with Crippen LogP contribution in [-0.2, 0) is 19.1 Å². The summed E-state index contributed by atoms with van der Waals surface area (Å²) in [4.78, 5) is 24.3. The second-order valence-electron chi connectivity index (χ2n) is 13.2. The summed E-state index contributed by atoms with van der Waals surface area (Å²) in [5.41, 5.74) is 0. The zero-order valence-corrected chi connectivity index (χ0v) is 37.9. The molecule has 0 aliphatic rings. The number of nitrogens with zero attached hydrogens (tertiary/aromatic N) is 4. The van der Waals surface area contributed by atoms with Crippen molar-refractivity contribution in [1.82, 2.24) is 20.4 Å². The molecule has 2 aromatic rings. The molecule has 0 saturated heterocycles. The average molecular weight is 1190 g/mol. The van der Waals surface area contributed by atoms with Crippen molar-refractivity contribution in [2.24, 2.45) is 0 Å². The normalized spacial score (nSPS) is 15.5. The van der Waals surface area contributed by atoms with Crippen molar-refractivity contribution < 1.29 is 138 Å². The first kappa shape index (κ1) is 63.7. The molecule has 41 heteroatoms. The molecule has 0 fully saturated rings. The number of aromatic nitrogens is 4. The zero-order valence-electron chi connectivity index (χ0n) is 33.0. The number of aliphatic hydroxyl groups is 1. The minimum absolute atomic E-state index is 0.196. The summed E-state index contributed by atoms with van der Waals surface area (Å²) in [5, 5.41) is 21.1. The van der Waals surface area contributed by atoms with Gasteiger partial charge >= 0.3 is 83.5 Å². The van der Waals surface area contributed by atoms with Crippen LogP contribution in [0, 0.1) is 0 Å². The van der Waals surface area contributed by atoms with Crippen LogP contribution >= 0.6 is 69.7 Å². The molecule has 0 radical (unpaired) electrons. The lowest BCUT2D eigenvalue weighted by Gasteiger charge is -2.40. The van der Waals surface area contributed by atoms with Gasteiger partial charge in [-0.15, -0.1) is 20.4 Å². The Kier molecular flexibility index (Phi) is 20.2. The number of carbonyl (C=O) groups excluding carboxylic acids is 2. The Hall–Kier alpha value is -2.40. The first-order chi connectivity index (χ1) is 31.2. The Morgan fingerprint density at radius 1 is 0.486 bits per heavy atom. The van der Waals surface area contributed by atoms with E-state index >= 15 is 0 Å². The van der Waals surface area contributed by atoms with Gasteiger partial charge in [0, 0.05) is 24.3 Å². The van der Waals surface area contributed by atoms with Crippen molar-refractivity contribution in [3.63, 3.8) is 0 Å². The molecule has 2 atom stereocenters. The smallest absolute Gasteiger partial charge is 0.460 e. The summed E-state index contributed by atoms with van der Waals surface area (Å²) in [5.74, 6) is -81.6. The predicted molar refractivity (Wildman–Crippen MR) is 191 cm³/mol. The van der Waals surface area contributed by atoms with Gasteiger partial charge < -0.3 is 14.6 Å². The van der Waals surface area contributed by atoms with Crippen LogP contribution in [-0.4, -0.2) is 151 Å². The molecule has 2 rings (SSSR count). The number of hydrogen-bond acceptors (Lipinski definition) is 15. The van der Waals surface area contributed by atoms with E-state index in [4.69, 9.17) is 0 Å². The van der Waals surface area contributed by atoms with E-state index in [2.05, 4.69) is 29.9 Å². The number of ether oxygens (including phenoxy) is 2. The van der Waals surface area contributed by atoms with E-state index in [-0.39, 0.29) is 33.2 Å². The first-order valence-corrected chi connectivity index (χ1v) is 23.0. The molecule has 2 unspecified atom stereocenters. The molecule has 2 heterocycles. The maximum atomic E-state index is 14.9. The number of alkyl halides is 26. The van der Waals surface area contributed by atoms with Crippen molar-refractivity contribution in [2.45, 2.75) is 126 Å². The van der Waals surface area contributed by atoms with Crippen molar-refractivity contribution in [1.29, 1.82) is 0 Å². The van der Waals surface area contributed by atoms with Gasteiger partial charge in [0.1, 0.15) is 13.2 Å². The second kappa shape index (κ2) is 22.2. The van der Waals surface area contributed by atoms with E-state index in [0.29, 0.717) is 16.1 Å². The van der Waals surface area contributed by atoms with Crippen molar-refractivity contribution >= 4 is 81.7 Å². The van der Waals surface area contributed by atoms with E-state index in [1.165, 1.54) is 11.8 Å². The van der Waals surface area contributed by atoms with Crippen LogP contribution < -0.4 is 0 Å². The molecule has 406 valence electrons. The van der Waals surface area contributed by atoms with E-state index in [0.717, 1.165) is 23.1 Å². The highest BCUT2D eigenvalue weighted by atomic mass is 32.2. The number of halogens is 26. The van der Waals surface area contributed by atoms with Crippen molar-refractivity contribution in [2.75, 3.05) is 31.0 Å². The molecule has 0 aliphatic carbocycles. The van der Waals surface area contributed by atoms with Gasteiger partial charge in [0.05, 0.1) is 24.2 Å². The minimum Gasteiger partial charge on any atom is -0.464 e. The summed E-state index contributed by atoms with van der Waals surface area (Å²) >= 11 is 3.39. The number of rotatable bonds is 27. The lowest BCUT2D eigenvalue weighted by Crippen LogP contribution is -2.70. The summed E-state index contributed by atoms with van der Waals surface area (Å²) < 4.78 is 361. The SMILES string of the molecule is CSc1nnc(SCCC(=O)OCC(CC(F)(F)C(F)(F)C(F)(F)C(F)(F)C(F)(F)C(F)(F)F)Sc2nnc(SCCC(=O)OCC(O)CC(F)(F)C(F)(F)C(F)(F)C(F)(F)C(F)(F)C(F)(F)F)s2)s1. The summed E-state index contributed by atoms with van der Waals surface area (Å²) in [6, 6.07) is 0. The maximum absolute atomic E-state index is 14.9. The highest BCUT2D eigenvalue weighted by Crippen LogP contribution is 2.63. The van der Waals surface area contributed by atoms with Crippen LogP contribution in [0.2, 0.25) is 0 Å². The number of thioether (sulfide) groups is 4. The Labute approximate surface area is 396 Å². The molecule has 70 heavy (non-hydrogen) atoms. The molecule has 2 aromatic heterocycles. The molecule has 0 bridgehead atoms. The standard InChI is InChI=1S/C29H22F26N4O5S6/c1-65-14-56-57-15(69-14)66-5-3-13(62)64-9-11(7-19(32,33)21(36,37)23(40,41)25(44,45)27(48,49)29(53,54)55)68-17-59-58-16(70-17)67-4-2-12(61)63-8-10(60)6-18(30,31)20(34,35)22(38,39)24(42,43)26(46,47)28(50,51)52/h10-11,60H,2-9H2,1H3. The van der Waals surface area contributed by atoms with Crippen LogP contribution in [0.3, 0.4) is 0 Å². The lowest BCUT2D eigenvalue weighted by molar-refractivity contribution is -0.440. The van der Waals surface area contributed by atoms with Gasteiger partial charge in [0.2, 0.25) is 0 Å². The lowest BCUT2D eigenvalue weighted by atomic mass is 9.91. The van der Waals surface area contributed by atoms with E-state index in [9.17, 15) is 129 Å². The van der Waals surface area contributed by atoms with E-state index in [1.54, 1.807) is 6.26 Å². The van der Waals surface area contributed by atoms with Crippen LogP contribution in [0.1, 0.15) is 25.7 Å². The van der Waals surface area contributed by atoms with Crippen molar-refractivity contribution in [3.05, 3.63) is 0 Å². The fourth-order valence-corrected chi connectivity index (χ4v) is 10.2. The van der Waals surface area contributed by atoms with Crippen LogP contribution in [0.15, 0.2) is 17.4 Å². The number of aliphatic hydroxyl groups excluding tert-OH is 1. The summed E-state index contributed by atoms with van der Waals surface area (Å²) in [7, 11) is 0. The monoisotopic (exact) mass is 1190 g/mol. The first-order valence-electron chi connectivity index (χ1n) is 17.3. The van der Waals surface area contributed by atoms with Gasteiger partial charge in [-0.3, -0.25) is 9.59 Å². The summed E-state index contributed by atoms with van der Waals surface area (Å²) in [6.07, 6.45) is -24.7. The van der Waals surface area contributed by atoms with Crippen LogP contribution in [0.5, 0.6) is 0 Å². The van der Waals surface area contributed by atoms with E-state index in [1.807, 2.05) is 0 Å². The minimum atomic E-state index is -8.23. The topological polar surface area (TPSA) is 124 Å². The third-order valence-electron chi connectivity index (χ3n) is 8.12. The number of hydrogen-bond donors (Lipinski definition) is 1. The number of esters is 2. The summed E-state index contributed by atoms with van der Waals surface area (Å²) in [6.45, 7) is -3.46. The Morgan fingerprint density at radius 2 is 0.814 bits per heavy atom. The molecule has 0 spiro atoms. The predicted octanol–water partition coefficient (Wildman–Crippen LogP) is 11.9. The highest BCUT2D eigenvalue weighted by molar-refractivity contribution is 8.03. The van der Waals surface area contributed by atoms with Gasteiger partial charge in [-0.2, -0.15) is 114 Å². The molecule has 0 aromatic carbocycles. The average Bonchev–Trinajstić information content (AvgIpc) is 3.86. The quantitative estimate of drug-likeness (QED) is 0.0519. The molecule has 0 aliphatic heterocycles. The fraction of sp³-hybridized carbons (Fsp3) is 0.793. The van der Waals surface area contributed by atoms with Crippen LogP contribution in [0.25, 0.3) is 0 Å². The largest absolute Gasteiger partial charge is 0.464 e. The highest BCUT2D eigenvalue weighted by Gasteiger charge is 2.92. The molecular weight excluding hydrogens is 1170 g/mol. The van der Waals surface area contributed by atoms with Gasteiger partial charge in [-0.25, -0.2) is 0 Å². The second-order valence-corrected chi connectivity index (χ2v) is 20.5. The molecular formula is C29H22F26N4O5S6. The molecule has 1 N–H and O–H groups in total. The Balaban J connectivity index is 2.18. The third kappa shape index (κ3) is 13.3. The van der Waals surface area contributed by atoms with Gasteiger partial charge in [-0.05, 0) is 6.26 Å². The van der Waals surface area contributed by atoms with Gasteiger partial charge in [0.15, 0.2) is 17.4 Å². The fourth-order valence-electron chi connectivity index (χ4n) is 4.38. The van der Waals surface area contributed by atoms with Crippen molar-refractivity contribution in [3.8, 4) is 0 Å². The van der Waals surface area contributed by atoms with Gasteiger partial charge in [-0.1, -0.05) is 69.7 Å².